The zero-order valence-electron chi connectivity index (χ0n) is 14.1. The number of aliphatic carboxylic acids is 1. The van der Waals surface area contributed by atoms with E-state index in [4.69, 9.17) is 5.11 Å². The van der Waals surface area contributed by atoms with Gasteiger partial charge in [-0.25, -0.2) is 13.1 Å². The molecule has 132 valence electrons. The summed E-state index contributed by atoms with van der Waals surface area (Å²) in [7, 11) is -3.46. The minimum atomic E-state index is -3.46. The van der Waals surface area contributed by atoms with Crippen LogP contribution in [0, 0.1) is 0 Å². The first-order valence-electron chi connectivity index (χ1n) is 8.57. The minimum Gasteiger partial charge on any atom is -0.480 e. The van der Waals surface area contributed by atoms with Crippen LogP contribution in [0.1, 0.15) is 84.0 Å². The van der Waals surface area contributed by atoms with Crippen molar-refractivity contribution in [2.45, 2.75) is 90.0 Å². The number of hydrogen-bond donors (Lipinski definition) is 2. The van der Waals surface area contributed by atoms with Crippen LogP contribution in [0.15, 0.2) is 0 Å². The van der Waals surface area contributed by atoms with Gasteiger partial charge >= 0.3 is 5.97 Å². The smallest absolute Gasteiger partial charge is 0.321 e. The van der Waals surface area contributed by atoms with E-state index in [1.165, 1.54) is 51.4 Å². The third-order valence-electron chi connectivity index (χ3n) is 3.75. The average molecular weight is 336 g/mol. The molecule has 0 bridgehead atoms. The first-order valence-corrected chi connectivity index (χ1v) is 10.5. The summed E-state index contributed by atoms with van der Waals surface area (Å²) < 4.78 is 24.3. The van der Waals surface area contributed by atoms with Gasteiger partial charge in [-0.15, -0.1) is 0 Å². The van der Waals surface area contributed by atoms with Gasteiger partial charge < -0.3 is 5.11 Å². The monoisotopic (exact) mass is 335 g/mol. The molecule has 0 aromatic carbocycles. The predicted octanol–water partition coefficient (Wildman–Crippen LogP) is 3.69. The first kappa shape index (κ1) is 21.4. The van der Waals surface area contributed by atoms with Gasteiger partial charge in [0.2, 0.25) is 10.0 Å². The van der Waals surface area contributed by atoms with E-state index in [9.17, 15) is 13.2 Å². The zero-order chi connectivity index (χ0) is 16.8. The lowest BCUT2D eigenvalue weighted by Crippen LogP contribution is -2.40. The SMILES string of the molecule is CCCCCCCCCCCCCC(NS(C)(=O)=O)C(=O)O. The molecule has 0 spiro atoms. The third-order valence-corrected chi connectivity index (χ3v) is 4.46. The highest BCUT2D eigenvalue weighted by molar-refractivity contribution is 7.88. The molecule has 22 heavy (non-hydrogen) atoms. The van der Waals surface area contributed by atoms with Gasteiger partial charge in [0, 0.05) is 0 Å². The van der Waals surface area contributed by atoms with Gasteiger partial charge in [0.15, 0.2) is 0 Å². The van der Waals surface area contributed by atoms with Crippen molar-refractivity contribution in [3.8, 4) is 0 Å². The van der Waals surface area contributed by atoms with Crippen LogP contribution in [0.4, 0.5) is 0 Å². The molecule has 0 fully saturated rings. The molecule has 0 aromatic heterocycles. The molecule has 0 aromatic rings. The Balaban J connectivity index is 3.52. The van der Waals surface area contributed by atoms with Crippen molar-refractivity contribution in [3.63, 3.8) is 0 Å². The molecule has 0 aliphatic rings. The molecule has 0 aliphatic heterocycles. The Morgan fingerprint density at radius 3 is 1.68 bits per heavy atom. The van der Waals surface area contributed by atoms with Crippen molar-refractivity contribution in [1.82, 2.24) is 4.72 Å². The lowest BCUT2D eigenvalue weighted by atomic mass is 10.0. The van der Waals surface area contributed by atoms with Crippen LogP contribution >= 0.6 is 0 Å². The molecular formula is C16H33NO4S. The molecule has 0 saturated carbocycles. The van der Waals surface area contributed by atoms with Gasteiger partial charge in [0.1, 0.15) is 6.04 Å². The molecule has 0 saturated heterocycles. The van der Waals surface area contributed by atoms with Crippen molar-refractivity contribution >= 4 is 16.0 Å². The summed E-state index contributed by atoms with van der Waals surface area (Å²) >= 11 is 0. The van der Waals surface area contributed by atoms with E-state index >= 15 is 0 Å². The quantitative estimate of drug-likeness (QED) is 0.447. The fourth-order valence-electron chi connectivity index (χ4n) is 2.50. The van der Waals surface area contributed by atoms with E-state index in [0.29, 0.717) is 6.42 Å². The Morgan fingerprint density at radius 1 is 0.909 bits per heavy atom. The fourth-order valence-corrected chi connectivity index (χ4v) is 3.24. The van der Waals surface area contributed by atoms with Crippen LogP contribution in [0.3, 0.4) is 0 Å². The molecule has 0 aliphatic carbocycles. The topological polar surface area (TPSA) is 83.5 Å². The maximum atomic E-state index is 11.1. The minimum absolute atomic E-state index is 0.361. The van der Waals surface area contributed by atoms with E-state index in [-0.39, 0.29) is 0 Å². The van der Waals surface area contributed by atoms with Crippen LogP contribution in [0.5, 0.6) is 0 Å². The van der Waals surface area contributed by atoms with Crippen LogP contribution in [-0.2, 0) is 14.8 Å². The van der Waals surface area contributed by atoms with Gasteiger partial charge in [0.05, 0.1) is 6.26 Å². The van der Waals surface area contributed by atoms with E-state index in [2.05, 4.69) is 11.6 Å². The van der Waals surface area contributed by atoms with Crippen molar-refractivity contribution in [2.75, 3.05) is 6.26 Å². The number of carboxylic acids is 1. The molecular weight excluding hydrogens is 302 g/mol. The summed E-state index contributed by atoms with van der Waals surface area (Å²) in [4.78, 5) is 11.0. The Hall–Kier alpha value is -0.620. The van der Waals surface area contributed by atoms with Crippen LogP contribution < -0.4 is 4.72 Å². The lowest BCUT2D eigenvalue weighted by Gasteiger charge is -2.12. The fraction of sp³-hybridized carbons (Fsp3) is 0.938. The second-order valence-electron chi connectivity index (χ2n) is 6.11. The van der Waals surface area contributed by atoms with Gasteiger partial charge in [-0.1, -0.05) is 77.6 Å². The standard InChI is InChI=1S/C16H33NO4S/c1-3-4-5-6-7-8-9-10-11-12-13-14-15(16(18)19)17-22(2,20)21/h15,17H,3-14H2,1-2H3,(H,18,19). The van der Waals surface area contributed by atoms with E-state index in [1.54, 1.807) is 0 Å². The summed E-state index contributed by atoms with van der Waals surface area (Å²) in [6, 6.07) is -0.992. The Labute approximate surface area is 135 Å². The molecule has 1 atom stereocenters. The maximum Gasteiger partial charge on any atom is 0.321 e. The Morgan fingerprint density at radius 2 is 1.32 bits per heavy atom. The maximum absolute atomic E-state index is 11.1. The number of hydrogen-bond acceptors (Lipinski definition) is 3. The van der Waals surface area contributed by atoms with E-state index in [0.717, 1.165) is 25.5 Å². The Bertz CT molecular complexity index is 382. The van der Waals surface area contributed by atoms with Crippen molar-refractivity contribution in [1.29, 1.82) is 0 Å². The van der Waals surface area contributed by atoms with E-state index in [1.807, 2.05) is 0 Å². The molecule has 0 radical (unpaired) electrons. The molecule has 0 heterocycles. The molecule has 2 N–H and O–H groups in total. The van der Waals surface area contributed by atoms with Crippen LogP contribution in [0.25, 0.3) is 0 Å². The molecule has 0 rings (SSSR count). The average Bonchev–Trinajstić information content (AvgIpc) is 2.42. The number of carboxylic acid groups (broad SMARTS) is 1. The summed E-state index contributed by atoms with van der Waals surface area (Å²) in [6.45, 7) is 2.22. The zero-order valence-corrected chi connectivity index (χ0v) is 15.0. The van der Waals surface area contributed by atoms with Gasteiger partial charge in [-0.05, 0) is 6.42 Å². The third kappa shape index (κ3) is 14.3. The van der Waals surface area contributed by atoms with Crippen LogP contribution in [0.2, 0.25) is 0 Å². The van der Waals surface area contributed by atoms with Crippen LogP contribution in [-0.4, -0.2) is 31.8 Å². The van der Waals surface area contributed by atoms with Gasteiger partial charge in [-0.3, -0.25) is 4.79 Å². The van der Waals surface area contributed by atoms with Crippen molar-refractivity contribution < 1.29 is 18.3 Å². The molecule has 0 amide bonds. The van der Waals surface area contributed by atoms with E-state index < -0.39 is 22.0 Å². The van der Waals surface area contributed by atoms with Crippen molar-refractivity contribution in [3.05, 3.63) is 0 Å². The Kier molecular flexibility index (Phi) is 12.5. The number of nitrogens with one attached hydrogen (secondary N) is 1. The summed E-state index contributed by atoms with van der Waals surface area (Å²) in [6.07, 6.45) is 14.5. The summed E-state index contributed by atoms with van der Waals surface area (Å²) in [5.41, 5.74) is 0. The number of sulfonamides is 1. The lowest BCUT2D eigenvalue weighted by molar-refractivity contribution is -0.139. The van der Waals surface area contributed by atoms with Gasteiger partial charge in [-0.2, -0.15) is 0 Å². The predicted molar refractivity (Wildman–Crippen MR) is 90.5 cm³/mol. The van der Waals surface area contributed by atoms with Gasteiger partial charge in [0.25, 0.3) is 0 Å². The second kappa shape index (κ2) is 12.9. The number of rotatable bonds is 15. The molecule has 5 nitrogen and oxygen atoms in total. The molecule has 6 heteroatoms. The normalized spacial score (nSPS) is 13.2. The highest BCUT2D eigenvalue weighted by Gasteiger charge is 2.20. The van der Waals surface area contributed by atoms with Crippen molar-refractivity contribution in [2.24, 2.45) is 0 Å². The number of unbranched alkanes of at least 4 members (excludes halogenated alkanes) is 10. The highest BCUT2D eigenvalue weighted by atomic mass is 32.2. The largest absolute Gasteiger partial charge is 0.480 e. The second-order valence-corrected chi connectivity index (χ2v) is 7.89. The summed E-state index contributed by atoms with van der Waals surface area (Å²) in [5, 5.41) is 8.97. The molecule has 1 unspecified atom stereocenters. The highest BCUT2D eigenvalue weighted by Crippen LogP contribution is 2.12. The first-order chi connectivity index (χ1) is 10.4. The number of carbonyl (C=O) groups is 1. The summed E-state index contributed by atoms with van der Waals surface area (Å²) in [5.74, 6) is -1.10.